The van der Waals surface area contributed by atoms with Crippen molar-refractivity contribution in [3.8, 4) is 11.8 Å². The van der Waals surface area contributed by atoms with Crippen LogP contribution in [-0.4, -0.2) is 46.2 Å². The fraction of sp³-hybridized carbons (Fsp3) is 0.375. The fourth-order valence-corrected chi connectivity index (χ4v) is 5.20. The van der Waals surface area contributed by atoms with Crippen molar-refractivity contribution in [1.82, 2.24) is 14.5 Å². The molecule has 2 aromatic heterocycles. The van der Waals surface area contributed by atoms with Crippen molar-refractivity contribution in [2.75, 3.05) is 24.6 Å². The van der Waals surface area contributed by atoms with Gasteiger partial charge in [0.15, 0.2) is 0 Å². The third kappa shape index (κ3) is 3.43. The van der Waals surface area contributed by atoms with E-state index in [1.807, 2.05) is 6.92 Å². The van der Waals surface area contributed by atoms with Gasteiger partial charge in [-0.1, -0.05) is 17.7 Å². The number of ether oxygens (including phenoxy) is 1. The Morgan fingerprint density at radius 1 is 1.30 bits per heavy atom. The summed E-state index contributed by atoms with van der Waals surface area (Å²) in [5.74, 6) is -0.0566. The van der Waals surface area contributed by atoms with Gasteiger partial charge in [0.2, 0.25) is 5.75 Å². The molecule has 1 aromatic carbocycles. The minimum Gasteiger partial charge on any atom is -0.484 e. The zero-order valence-electron chi connectivity index (χ0n) is 18.5. The number of nitriles is 1. The van der Waals surface area contributed by atoms with Gasteiger partial charge in [-0.25, -0.2) is 9.37 Å². The molecule has 9 heteroatoms. The average Bonchev–Trinajstić information content (AvgIpc) is 2.80. The van der Waals surface area contributed by atoms with Gasteiger partial charge in [-0.2, -0.15) is 5.26 Å². The molecular formula is C24H23ClFN5O2. The highest BCUT2D eigenvalue weighted by molar-refractivity contribution is 6.30. The molecule has 3 atom stereocenters. The number of fused-ring (bicyclic) bond motifs is 5. The van der Waals surface area contributed by atoms with Gasteiger partial charge in [0.25, 0.3) is 5.56 Å². The second-order valence-electron chi connectivity index (χ2n) is 8.72. The molecular weight excluding hydrogens is 445 g/mol. The molecule has 0 bridgehead atoms. The Kier molecular flexibility index (Phi) is 5.26. The molecule has 0 N–H and O–H groups in total. The van der Waals surface area contributed by atoms with E-state index in [1.54, 1.807) is 31.3 Å². The highest BCUT2D eigenvalue weighted by Crippen LogP contribution is 2.40. The third-order valence-electron chi connectivity index (χ3n) is 6.79. The SMILES string of the molecule is CC(c1ccc(Cl)cc1F)N1C[C@H]2COc3c(c4nc(C#N)ccc4n(C)c3=O)N2C[C@H]1C. The van der Waals surface area contributed by atoms with Crippen LogP contribution in [0, 0.1) is 17.1 Å². The van der Waals surface area contributed by atoms with Crippen molar-refractivity contribution >= 4 is 28.3 Å². The Labute approximate surface area is 195 Å². The number of rotatable bonds is 2. The fourth-order valence-electron chi connectivity index (χ4n) is 5.04. The van der Waals surface area contributed by atoms with Crippen LogP contribution >= 0.6 is 11.6 Å². The summed E-state index contributed by atoms with van der Waals surface area (Å²) in [5.41, 5.74) is 2.51. The van der Waals surface area contributed by atoms with E-state index >= 15 is 0 Å². The van der Waals surface area contributed by atoms with E-state index in [4.69, 9.17) is 16.3 Å². The van der Waals surface area contributed by atoms with Crippen LogP contribution in [0.2, 0.25) is 5.02 Å². The Morgan fingerprint density at radius 2 is 2.09 bits per heavy atom. The lowest BCUT2D eigenvalue weighted by Crippen LogP contribution is -2.61. The number of anilines is 1. The van der Waals surface area contributed by atoms with E-state index in [-0.39, 0.29) is 40.9 Å². The Bertz CT molecular complexity index is 1370. The van der Waals surface area contributed by atoms with E-state index < -0.39 is 0 Å². The van der Waals surface area contributed by atoms with Gasteiger partial charge < -0.3 is 14.2 Å². The van der Waals surface area contributed by atoms with Crippen molar-refractivity contribution in [1.29, 1.82) is 5.26 Å². The molecule has 2 aliphatic heterocycles. The molecule has 7 nitrogen and oxygen atoms in total. The molecule has 0 saturated carbocycles. The highest BCUT2D eigenvalue weighted by Gasteiger charge is 2.41. The van der Waals surface area contributed by atoms with Crippen LogP contribution in [0.15, 0.2) is 35.1 Å². The summed E-state index contributed by atoms with van der Waals surface area (Å²) in [7, 11) is 1.68. The maximum atomic E-state index is 14.6. The Morgan fingerprint density at radius 3 is 2.82 bits per heavy atom. The van der Waals surface area contributed by atoms with Gasteiger partial charge in [-0.05, 0) is 38.1 Å². The topological polar surface area (TPSA) is 74.4 Å². The predicted octanol–water partition coefficient (Wildman–Crippen LogP) is 3.63. The van der Waals surface area contributed by atoms with E-state index in [0.29, 0.717) is 47.0 Å². The number of aryl methyl sites for hydroxylation is 1. The smallest absolute Gasteiger partial charge is 0.295 e. The van der Waals surface area contributed by atoms with Crippen molar-refractivity contribution in [2.24, 2.45) is 7.05 Å². The van der Waals surface area contributed by atoms with Crippen molar-refractivity contribution < 1.29 is 9.13 Å². The van der Waals surface area contributed by atoms with Crippen LogP contribution in [0.4, 0.5) is 10.1 Å². The molecule has 170 valence electrons. The standard InChI is InChI=1S/C24H23ClFN5O2/c1-13-10-31-17(11-30(13)14(2)18-6-4-15(25)8-19(18)26)12-33-23-22(31)21-20(29(3)24(23)32)7-5-16(9-27)28-21/h4-8,13-14,17H,10-12H2,1-3H3/t13-,14?,17+/m1/s1. The quantitative estimate of drug-likeness (QED) is 0.573. The first-order valence-electron chi connectivity index (χ1n) is 10.8. The lowest BCUT2D eigenvalue weighted by atomic mass is 9.98. The molecule has 1 saturated heterocycles. The summed E-state index contributed by atoms with van der Waals surface area (Å²) in [6, 6.07) is 10.1. The minimum atomic E-state index is -0.322. The van der Waals surface area contributed by atoms with Gasteiger partial charge in [0.1, 0.15) is 35.4 Å². The number of pyridine rings is 2. The van der Waals surface area contributed by atoms with Gasteiger partial charge in [-0.3, -0.25) is 9.69 Å². The third-order valence-corrected chi connectivity index (χ3v) is 7.03. The lowest BCUT2D eigenvalue weighted by molar-refractivity contribution is 0.0902. The average molecular weight is 468 g/mol. The van der Waals surface area contributed by atoms with Crippen molar-refractivity contribution in [2.45, 2.75) is 32.0 Å². The summed E-state index contributed by atoms with van der Waals surface area (Å²) in [6.07, 6.45) is 0. The predicted molar refractivity (Wildman–Crippen MR) is 124 cm³/mol. The Balaban J connectivity index is 1.55. The van der Waals surface area contributed by atoms with Crippen LogP contribution in [0.5, 0.6) is 5.75 Å². The van der Waals surface area contributed by atoms with Crippen LogP contribution in [0.25, 0.3) is 11.0 Å². The summed E-state index contributed by atoms with van der Waals surface area (Å²) in [5, 5.41) is 9.74. The molecule has 0 radical (unpaired) electrons. The lowest BCUT2D eigenvalue weighted by Gasteiger charge is -2.50. The first kappa shape index (κ1) is 21.7. The first-order valence-corrected chi connectivity index (χ1v) is 11.2. The zero-order chi connectivity index (χ0) is 23.4. The number of halogens is 2. The van der Waals surface area contributed by atoms with Gasteiger partial charge in [0, 0.05) is 42.8 Å². The normalized spacial score (nSPS) is 21.2. The number of piperazine rings is 1. The zero-order valence-corrected chi connectivity index (χ0v) is 19.3. The molecule has 0 amide bonds. The van der Waals surface area contributed by atoms with Gasteiger partial charge >= 0.3 is 0 Å². The number of hydrogen-bond acceptors (Lipinski definition) is 6. The Hall–Kier alpha value is -3.15. The van der Waals surface area contributed by atoms with E-state index in [0.717, 1.165) is 0 Å². The van der Waals surface area contributed by atoms with E-state index in [1.165, 1.54) is 10.6 Å². The van der Waals surface area contributed by atoms with Crippen LogP contribution < -0.4 is 15.2 Å². The maximum absolute atomic E-state index is 14.6. The molecule has 0 spiro atoms. The summed E-state index contributed by atoms with van der Waals surface area (Å²) in [6.45, 7) is 5.65. The van der Waals surface area contributed by atoms with Crippen LogP contribution in [0.3, 0.4) is 0 Å². The molecule has 4 heterocycles. The maximum Gasteiger partial charge on any atom is 0.295 e. The largest absolute Gasteiger partial charge is 0.484 e. The number of hydrogen-bond donors (Lipinski definition) is 0. The second-order valence-corrected chi connectivity index (χ2v) is 9.16. The second kappa shape index (κ2) is 8.01. The molecule has 1 fully saturated rings. The van der Waals surface area contributed by atoms with Gasteiger partial charge in [-0.15, -0.1) is 0 Å². The summed E-state index contributed by atoms with van der Waals surface area (Å²) >= 11 is 5.94. The van der Waals surface area contributed by atoms with Crippen molar-refractivity contribution in [3.05, 3.63) is 62.8 Å². The first-order chi connectivity index (χ1) is 15.8. The van der Waals surface area contributed by atoms with Crippen molar-refractivity contribution in [3.63, 3.8) is 0 Å². The molecule has 33 heavy (non-hydrogen) atoms. The number of aromatic nitrogens is 2. The van der Waals surface area contributed by atoms with Crippen LogP contribution in [0.1, 0.15) is 31.1 Å². The molecule has 2 aliphatic rings. The molecule has 5 rings (SSSR count). The molecule has 0 aliphatic carbocycles. The summed E-state index contributed by atoms with van der Waals surface area (Å²) < 4.78 is 22.1. The molecule has 1 unspecified atom stereocenters. The van der Waals surface area contributed by atoms with E-state index in [9.17, 15) is 14.4 Å². The van der Waals surface area contributed by atoms with Crippen LogP contribution in [-0.2, 0) is 7.05 Å². The monoisotopic (exact) mass is 467 g/mol. The highest BCUT2D eigenvalue weighted by atomic mass is 35.5. The van der Waals surface area contributed by atoms with E-state index in [2.05, 4.69) is 27.8 Å². The molecule has 3 aromatic rings. The minimum absolute atomic E-state index is 0.0469. The number of benzene rings is 1. The summed E-state index contributed by atoms with van der Waals surface area (Å²) in [4.78, 5) is 22.0. The van der Waals surface area contributed by atoms with Gasteiger partial charge in [0.05, 0.1) is 11.6 Å². The number of nitrogens with zero attached hydrogens (tertiary/aromatic N) is 5.